The van der Waals surface area contributed by atoms with Gasteiger partial charge in [0.25, 0.3) is 0 Å². The Labute approximate surface area is 116 Å². The third kappa shape index (κ3) is 2.20. The van der Waals surface area contributed by atoms with E-state index in [1.54, 1.807) is 0 Å². The van der Waals surface area contributed by atoms with Crippen molar-refractivity contribution in [3.8, 4) is 17.2 Å². The van der Waals surface area contributed by atoms with Crippen LogP contribution in [0.1, 0.15) is 32.6 Å². The van der Waals surface area contributed by atoms with Crippen molar-refractivity contribution in [1.29, 1.82) is 0 Å². The van der Waals surface area contributed by atoms with E-state index in [0.29, 0.717) is 5.56 Å². The fourth-order valence-electron chi connectivity index (χ4n) is 2.43. The zero-order valence-corrected chi connectivity index (χ0v) is 11.6. The minimum absolute atomic E-state index is 0.0321. The molecule has 2 aromatic carbocycles. The number of aromatic hydroxyl groups is 3. The largest absolute Gasteiger partial charge is 0.504 e. The van der Waals surface area contributed by atoms with E-state index in [0.717, 1.165) is 16.7 Å². The highest BCUT2D eigenvalue weighted by atomic mass is 16.3. The molecule has 3 N–H and O–H groups in total. The maximum Gasteiger partial charge on any atom is 0.201 e. The van der Waals surface area contributed by atoms with Crippen LogP contribution in [0.15, 0.2) is 24.3 Å². The van der Waals surface area contributed by atoms with Crippen LogP contribution < -0.4 is 0 Å². The van der Waals surface area contributed by atoms with E-state index in [-0.39, 0.29) is 11.3 Å². The molecular weight excluding hydrogens is 256 g/mol. The van der Waals surface area contributed by atoms with Gasteiger partial charge in [0.2, 0.25) is 5.75 Å². The van der Waals surface area contributed by atoms with Gasteiger partial charge < -0.3 is 15.3 Å². The van der Waals surface area contributed by atoms with Crippen LogP contribution in [-0.2, 0) is 0 Å². The van der Waals surface area contributed by atoms with Crippen LogP contribution in [0.2, 0.25) is 0 Å². The van der Waals surface area contributed by atoms with E-state index in [1.807, 2.05) is 32.9 Å². The van der Waals surface area contributed by atoms with E-state index in [4.69, 9.17) is 0 Å². The number of hydrogen-bond donors (Lipinski definition) is 3. The number of hydrogen-bond acceptors (Lipinski definition) is 4. The van der Waals surface area contributed by atoms with Crippen LogP contribution in [0.4, 0.5) is 0 Å². The molecule has 20 heavy (non-hydrogen) atoms. The summed E-state index contributed by atoms with van der Waals surface area (Å²) in [5.74, 6) is -2.13. The molecule has 0 heterocycles. The van der Waals surface area contributed by atoms with Gasteiger partial charge in [-0.3, -0.25) is 4.79 Å². The van der Waals surface area contributed by atoms with Crippen LogP contribution in [0.3, 0.4) is 0 Å². The number of carbonyl (C=O) groups excluding carboxylic acids is 1. The average Bonchev–Trinajstić information content (AvgIpc) is 2.34. The van der Waals surface area contributed by atoms with Crippen molar-refractivity contribution in [2.24, 2.45) is 0 Å². The molecule has 0 aliphatic heterocycles. The van der Waals surface area contributed by atoms with Crippen molar-refractivity contribution in [3.05, 3.63) is 52.1 Å². The van der Waals surface area contributed by atoms with Gasteiger partial charge >= 0.3 is 0 Å². The van der Waals surface area contributed by atoms with E-state index >= 15 is 0 Å². The summed E-state index contributed by atoms with van der Waals surface area (Å²) in [6.45, 7) is 5.59. The summed E-state index contributed by atoms with van der Waals surface area (Å²) in [7, 11) is 0. The van der Waals surface area contributed by atoms with Crippen molar-refractivity contribution < 1.29 is 20.1 Å². The molecule has 0 saturated carbocycles. The summed E-state index contributed by atoms with van der Waals surface area (Å²) in [6, 6.07) is 6.25. The van der Waals surface area contributed by atoms with E-state index in [2.05, 4.69) is 0 Å². The highest BCUT2D eigenvalue weighted by molar-refractivity contribution is 6.13. The minimum Gasteiger partial charge on any atom is -0.504 e. The molecule has 2 rings (SSSR count). The number of phenolic OH excluding ortho intramolecular Hbond substituents is 3. The molecular formula is C16H16O4. The number of rotatable bonds is 2. The maximum atomic E-state index is 12.5. The molecule has 0 spiro atoms. The first-order chi connectivity index (χ1) is 9.32. The molecule has 0 aromatic heterocycles. The van der Waals surface area contributed by atoms with E-state index in [9.17, 15) is 20.1 Å². The molecule has 0 aliphatic rings. The van der Waals surface area contributed by atoms with Crippen LogP contribution in [0.25, 0.3) is 0 Å². The quantitative estimate of drug-likeness (QED) is 0.580. The number of aryl methyl sites for hydroxylation is 3. The SMILES string of the molecule is Cc1cc(C)c(C(=O)c2ccc(O)c(O)c2O)c(C)c1. The molecule has 104 valence electrons. The van der Waals surface area contributed by atoms with Gasteiger partial charge in [-0.2, -0.15) is 0 Å². The highest BCUT2D eigenvalue weighted by Crippen LogP contribution is 2.38. The number of carbonyl (C=O) groups is 1. The first-order valence-electron chi connectivity index (χ1n) is 6.19. The smallest absolute Gasteiger partial charge is 0.201 e. The van der Waals surface area contributed by atoms with Gasteiger partial charge in [-0.15, -0.1) is 0 Å². The fraction of sp³-hybridized carbons (Fsp3) is 0.188. The lowest BCUT2D eigenvalue weighted by molar-refractivity contribution is 0.103. The first kappa shape index (κ1) is 13.9. The molecule has 0 unspecified atom stereocenters. The first-order valence-corrected chi connectivity index (χ1v) is 6.19. The van der Waals surface area contributed by atoms with Gasteiger partial charge in [0, 0.05) is 5.56 Å². The van der Waals surface area contributed by atoms with Crippen LogP contribution in [0.5, 0.6) is 17.2 Å². The van der Waals surface area contributed by atoms with Gasteiger partial charge in [0.05, 0.1) is 5.56 Å². The van der Waals surface area contributed by atoms with Gasteiger partial charge in [-0.05, 0) is 44.0 Å². The maximum absolute atomic E-state index is 12.5. The summed E-state index contributed by atoms with van der Waals surface area (Å²) < 4.78 is 0. The van der Waals surface area contributed by atoms with Crippen molar-refractivity contribution in [2.45, 2.75) is 20.8 Å². The third-order valence-electron chi connectivity index (χ3n) is 3.28. The monoisotopic (exact) mass is 272 g/mol. The van der Waals surface area contributed by atoms with Crippen molar-refractivity contribution >= 4 is 5.78 Å². The second-order valence-corrected chi connectivity index (χ2v) is 4.93. The van der Waals surface area contributed by atoms with Crippen LogP contribution >= 0.6 is 0 Å². The second kappa shape index (κ2) is 4.89. The zero-order chi connectivity index (χ0) is 15.0. The summed E-state index contributed by atoms with van der Waals surface area (Å²) >= 11 is 0. The topological polar surface area (TPSA) is 77.8 Å². The lowest BCUT2D eigenvalue weighted by Gasteiger charge is -2.12. The van der Waals surface area contributed by atoms with Gasteiger partial charge in [0.1, 0.15) is 0 Å². The lowest BCUT2D eigenvalue weighted by atomic mass is 9.92. The van der Waals surface area contributed by atoms with Crippen molar-refractivity contribution in [3.63, 3.8) is 0 Å². The predicted octanol–water partition coefficient (Wildman–Crippen LogP) is 2.96. The Morgan fingerprint density at radius 2 is 1.45 bits per heavy atom. The Kier molecular flexibility index (Phi) is 3.40. The van der Waals surface area contributed by atoms with E-state index in [1.165, 1.54) is 12.1 Å². The van der Waals surface area contributed by atoms with Crippen molar-refractivity contribution in [2.75, 3.05) is 0 Å². The molecule has 4 heteroatoms. The molecule has 0 amide bonds. The molecule has 0 bridgehead atoms. The number of ketones is 1. The Bertz CT molecular complexity index is 679. The van der Waals surface area contributed by atoms with E-state index < -0.39 is 17.2 Å². The summed E-state index contributed by atoms with van der Waals surface area (Å²) in [5, 5.41) is 28.6. The summed E-state index contributed by atoms with van der Waals surface area (Å²) in [5.41, 5.74) is 3.12. The van der Waals surface area contributed by atoms with Crippen molar-refractivity contribution in [1.82, 2.24) is 0 Å². The minimum atomic E-state index is -0.682. The standard InChI is InChI=1S/C16H16O4/c1-8-6-9(2)13(10(3)7-8)14(18)11-4-5-12(17)16(20)15(11)19/h4-7,17,19-20H,1-3H3. The molecule has 0 fully saturated rings. The molecule has 0 atom stereocenters. The van der Waals surface area contributed by atoms with Gasteiger partial charge in [-0.1, -0.05) is 17.7 Å². The normalized spacial score (nSPS) is 10.6. The Morgan fingerprint density at radius 1 is 0.900 bits per heavy atom. The number of phenols is 3. The molecule has 0 saturated heterocycles. The molecule has 0 radical (unpaired) electrons. The average molecular weight is 272 g/mol. The Morgan fingerprint density at radius 3 is 2.00 bits per heavy atom. The van der Waals surface area contributed by atoms with Crippen LogP contribution in [0, 0.1) is 20.8 Å². The fourth-order valence-corrected chi connectivity index (χ4v) is 2.43. The van der Waals surface area contributed by atoms with Crippen LogP contribution in [-0.4, -0.2) is 21.1 Å². The highest BCUT2D eigenvalue weighted by Gasteiger charge is 2.21. The number of benzene rings is 2. The second-order valence-electron chi connectivity index (χ2n) is 4.93. The molecule has 4 nitrogen and oxygen atoms in total. The molecule has 2 aromatic rings. The molecule has 0 aliphatic carbocycles. The Balaban J connectivity index is 2.61. The predicted molar refractivity (Wildman–Crippen MR) is 75.5 cm³/mol. The third-order valence-corrected chi connectivity index (χ3v) is 3.28. The summed E-state index contributed by atoms with van der Waals surface area (Å²) in [6.07, 6.45) is 0. The van der Waals surface area contributed by atoms with Gasteiger partial charge in [-0.25, -0.2) is 0 Å². The Hall–Kier alpha value is -2.49. The van der Waals surface area contributed by atoms with Gasteiger partial charge in [0.15, 0.2) is 17.3 Å². The zero-order valence-electron chi connectivity index (χ0n) is 11.6. The summed E-state index contributed by atoms with van der Waals surface area (Å²) in [4.78, 5) is 12.5. The lowest BCUT2D eigenvalue weighted by Crippen LogP contribution is -2.07.